The van der Waals surface area contributed by atoms with E-state index >= 15 is 0 Å². The smallest absolute Gasteiger partial charge is 0.407 e. The van der Waals surface area contributed by atoms with Gasteiger partial charge >= 0.3 is 6.09 Å². The molecule has 0 aliphatic heterocycles. The number of nitrogens with zero attached hydrogens (tertiary/aromatic N) is 2. The molecule has 25 heavy (non-hydrogen) atoms. The van der Waals surface area contributed by atoms with Gasteiger partial charge in [-0.05, 0) is 31.2 Å². The van der Waals surface area contributed by atoms with Gasteiger partial charge in [-0.3, -0.25) is 0 Å². The van der Waals surface area contributed by atoms with E-state index in [1.54, 1.807) is 0 Å². The van der Waals surface area contributed by atoms with Crippen LogP contribution in [0.2, 0.25) is 0 Å². The number of hydrogen-bond acceptors (Lipinski definition) is 4. The number of unbranched alkanes of at least 4 members (excludes halogenated alkanes) is 4. The van der Waals surface area contributed by atoms with E-state index in [2.05, 4.69) is 29.4 Å². The number of isocyanates is 1. The molecule has 0 spiro atoms. The molecule has 0 aliphatic carbocycles. The standard InChI is InChI=1S/C19H29N3O3/c1-2-3-8-18-9-13-22(14-10-18)15-16-25-19(24)21-12-7-5-4-6-11-20-17-23/h9-10,13-14H,2-8,11-12,15-16H2,1H3/p+1. The number of alkyl carbamates (subject to hydrolysis) is 1. The molecule has 0 aromatic carbocycles. The molecule has 138 valence electrons. The van der Waals surface area contributed by atoms with Crippen LogP contribution >= 0.6 is 0 Å². The monoisotopic (exact) mass is 348 g/mol. The Morgan fingerprint density at radius 3 is 2.68 bits per heavy atom. The van der Waals surface area contributed by atoms with Crippen molar-refractivity contribution in [1.29, 1.82) is 0 Å². The molecule has 0 saturated heterocycles. The summed E-state index contributed by atoms with van der Waals surface area (Å²) in [6.07, 6.45) is 12.5. The predicted octanol–water partition coefficient (Wildman–Crippen LogP) is 2.94. The molecule has 1 aromatic rings. The van der Waals surface area contributed by atoms with Crippen LogP contribution in [0.15, 0.2) is 29.5 Å². The molecule has 0 saturated carbocycles. The number of ether oxygens (including phenoxy) is 1. The fourth-order valence-electron chi connectivity index (χ4n) is 2.39. The van der Waals surface area contributed by atoms with Gasteiger partial charge in [-0.15, -0.1) is 0 Å². The molecular weight excluding hydrogens is 318 g/mol. The molecule has 6 heteroatoms. The molecule has 1 heterocycles. The lowest BCUT2D eigenvalue weighted by Gasteiger charge is -2.06. The first-order chi connectivity index (χ1) is 12.3. The number of carbonyl (C=O) groups excluding carboxylic acids is 2. The summed E-state index contributed by atoms with van der Waals surface area (Å²) in [5, 5.41) is 2.75. The van der Waals surface area contributed by atoms with Gasteiger partial charge in [-0.2, -0.15) is 0 Å². The van der Waals surface area contributed by atoms with Gasteiger partial charge in [0.05, 0.1) is 6.54 Å². The maximum atomic E-state index is 11.6. The van der Waals surface area contributed by atoms with Crippen LogP contribution in [-0.4, -0.2) is 31.9 Å². The van der Waals surface area contributed by atoms with Crippen LogP contribution in [0.4, 0.5) is 4.79 Å². The summed E-state index contributed by atoms with van der Waals surface area (Å²) < 4.78 is 7.19. The quantitative estimate of drug-likeness (QED) is 0.258. The van der Waals surface area contributed by atoms with Crippen molar-refractivity contribution in [2.45, 2.75) is 58.4 Å². The Kier molecular flexibility index (Phi) is 11.8. The van der Waals surface area contributed by atoms with Crippen molar-refractivity contribution in [3.05, 3.63) is 30.1 Å². The molecule has 1 aromatic heterocycles. The third kappa shape index (κ3) is 11.1. The highest BCUT2D eigenvalue weighted by Crippen LogP contribution is 2.02. The predicted molar refractivity (Wildman–Crippen MR) is 96.1 cm³/mol. The van der Waals surface area contributed by atoms with E-state index in [1.165, 1.54) is 24.5 Å². The summed E-state index contributed by atoms with van der Waals surface area (Å²) in [4.78, 5) is 25.0. The minimum atomic E-state index is -0.370. The number of amides is 1. The molecule has 0 atom stereocenters. The van der Waals surface area contributed by atoms with Gasteiger partial charge < -0.3 is 10.1 Å². The second-order valence-corrected chi connectivity index (χ2v) is 6.00. The van der Waals surface area contributed by atoms with Crippen molar-refractivity contribution >= 4 is 12.2 Å². The highest BCUT2D eigenvalue weighted by molar-refractivity contribution is 5.66. The van der Waals surface area contributed by atoms with Gasteiger partial charge in [0.1, 0.15) is 0 Å². The van der Waals surface area contributed by atoms with Crippen molar-refractivity contribution in [3.8, 4) is 0 Å². The fraction of sp³-hybridized carbons (Fsp3) is 0.632. The Balaban J connectivity index is 2.03. The minimum absolute atomic E-state index is 0.356. The summed E-state index contributed by atoms with van der Waals surface area (Å²) >= 11 is 0. The lowest BCUT2D eigenvalue weighted by Crippen LogP contribution is -2.37. The van der Waals surface area contributed by atoms with E-state index in [0.29, 0.717) is 26.2 Å². The van der Waals surface area contributed by atoms with Gasteiger partial charge in [-0.25, -0.2) is 19.1 Å². The first-order valence-electron chi connectivity index (χ1n) is 9.18. The number of aromatic nitrogens is 1. The van der Waals surface area contributed by atoms with E-state index in [4.69, 9.17) is 4.74 Å². The first kappa shape index (κ1) is 20.8. The van der Waals surface area contributed by atoms with Crippen LogP contribution in [0.25, 0.3) is 0 Å². The second-order valence-electron chi connectivity index (χ2n) is 6.00. The van der Waals surface area contributed by atoms with Crippen LogP contribution in [0.1, 0.15) is 51.0 Å². The van der Waals surface area contributed by atoms with Crippen LogP contribution < -0.4 is 9.88 Å². The Morgan fingerprint density at radius 2 is 1.96 bits per heavy atom. The van der Waals surface area contributed by atoms with Crippen molar-refractivity contribution in [2.24, 2.45) is 4.99 Å². The number of hydrogen-bond donors (Lipinski definition) is 1. The van der Waals surface area contributed by atoms with E-state index in [-0.39, 0.29) is 6.09 Å². The number of carbonyl (C=O) groups is 1. The molecule has 1 N–H and O–H groups in total. The first-order valence-corrected chi connectivity index (χ1v) is 9.18. The van der Waals surface area contributed by atoms with Gasteiger partial charge in [-0.1, -0.05) is 26.2 Å². The zero-order chi connectivity index (χ0) is 18.2. The Morgan fingerprint density at radius 1 is 1.20 bits per heavy atom. The molecule has 1 rings (SSSR count). The largest absolute Gasteiger partial charge is 0.443 e. The number of nitrogens with one attached hydrogen (secondary N) is 1. The van der Waals surface area contributed by atoms with Crippen molar-refractivity contribution in [1.82, 2.24) is 5.32 Å². The lowest BCUT2D eigenvalue weighted by atomic mass is 10.1. The van der Waals surface area contributed by atoms with E-state index in [1.807, 2.05) is 17.0 Å². The van der Waals surface area contributed by atoms with Gasteiger partial charge in [0, 0.05) is 18.7 Å². The molecular formula is C19H30N3O3+. The van der Waals surface area contributed by atoms with Crippen molar-refractivity contribution < 1.29 is 18.9 Å². The molecule has 1 amide bonds. The zero-order valence-corrected chi connectivity index (χ0v) is 15.2. The minimum Gasteiger partial charge on any atom is -0.443 e. The summed E-state index contributed by atoms with van der Waals surface area (Å²) in [5.41, 5.74) is 1.34. The lowest BCUT2D eigenvalue weighted by molar-refractivity contribution is -0.697. The summed E-state index contributed by atoms with van der Waals surface area (Å²) in [5.74, 6) is 0. The third-order valence-electron chi connectivity index (χ3n) is 3.89. The third-order valence-corrected chi connectivity index (χ3v) is 3.89. The van der Waals surface area contributed by atoms with Gasteiger partial charge in [0.15, 0.2) is 25.5 Å². The van der Waals surface area contributed by atoms with Crippen LogP contribution in [-0.2, 0) is 22.5 Å². The molecule has 0 unspecified atom stereocenters. The molecule has 0 bridgehead atoms. The zero-order valence-electron chi connectivity index (χ0n) is 15.2. The van der Waals surface area contributed by atoms with Crippen LogP contribution in [0.3, 0.4) is 0 Å². The van der Waals surface area contributed by atoms with Gasteiger partial charge in [0.25, 0.3) is 0 Å². The van der Waals surface area contributed by atoms with Crippen LogP contribution in [0, 0.1) is 0 Å². The molecule has 0 fully saturated rings. The van der Waals surface area contributed by atoms with Crippen molar-refractivity contribution in [2.75, 3.05) is 19.7 Å². The fourth-order valence-corrected chi connectivity index (χ4v) is 2.39. The van der Waals surface area contributed by atoms with E-state index in [0.717, 1.165) is 32.1 Å². The number of pyridine rings is 1. The molecule has 0 radical (unpaired) electrons. The average molecular weight is 348 g/mol. The normalized spacial score (nSPS) is 10.1. The Hall–Kier alpha value is -2.20. The highest BCUT2D eigenvalue weighted by Gasteiger charge is 2.05. The topological polar surface area (TPSA) is 71.6 Å². The highest BCUT2D eigenvalue weighted by atomic mass is 16.5. The summed E-state index contributed by atoms with van der Waals surface area (Å²) in [7, 11) is 0. The Bertz CT molecular complexity index is 525. The number of rotatable bonds is 13. The molecule has 6 nitrogen and oxygen atoms in total. The SMILES string of the molecule is CCCCc1cc[n+](CCOC(=O)NCCCCCCN=C=O)cc1. The van der Waals surface area contributed by atoms with Gasteiger partial charge in [0.2, 0.25) is 6.08 Å². The Labute approximate surface area is 150 Å². The van der Waals surface area contributed by atoms with E-state index < -0.39 is 0 Å². The number of aliphatic imine (C=N–C) groups is 1. The average Bonchev–Trinajstić information content (AvgIpc) is 2.63. The van der Waals surface area contributed by atoms with Crippen LogP contribution in [0.5, 0.6) is 0 Å². The van der Waals surface area contributed by atoms with E-state index in [9.17, 15) is 9.59 Å². The maximum Gasteiger partial charge on any atom is 0.407 e. The molecule has 0 aliphatic rings. The summed E-state index contributed by atoms with van der Waals surface area (Å²) in [6.45, 7) is 4.34. The second kappa shape index (κ2) is 14.2. The summed E-state index contributed by atoms with van der Waals surface area (Å²) in [6, 6.07) is 4.24. The number of aryl methyl sites for hydroxylation is 1. The maximum absolute atomic E-state index is 11.6. The van der Waals surface area contributed by atoms with Crippen molar-refractivity contribution in [3.63, 3.8) is 0 Å².